The van der Waals surface area contributed by atoms with Crippen LogP contribution < -0.4 is 0 Å². The first-order valence-electron chi connectivity index (χ1n) is 3.86. The lowest BCUT2D eigenvalue weighted by Crippen LogP contribution is -1.66. The third kappa shape index (κ3) is 1.84. The second-order valence-electron chi connectivity index (χ2n) is 2.56. The Hall–Kier alpha value is -1.00. The van der Waals surface area contributed by atoms with Crippen molar-refractivity contribution in [2.75, 3.05) is 0 Å². The molecule has 66 valence electrons. The van der Waals surface area contributed by atoms with E-state index in [9.17, 15) is 0 Å². The summed E-state index contributed by atoms with van der Waals surface area (Å²) in [5, 5.41) is 5.44. The molecule has 0 saturated carbocycles. The van der Waals surface area contributed by atoms with Gasteiger partial charge in [0, 0.05) is 14.6 Å². The van der Waals surface area contributed by atoms with E-state index in [1.807, 2.05) is 12.1 Å². The zero-order valence-electron chi connectivity index (χ0n) is 6.86. The SMILES string of the molecule is N=NCc1ccc(-c2cccs2)s1. The molecule has 0 saturated heterocycles. The van der Waals surface area contributed by atoms with E-state index in [-0.39, 0.29) is 0 Å². The van der Waals surface area contributed by atoms with Crippen LogP contribution >= 0.6 is 22.7 Å². The van der Waals surface area contributed by atoms with Crippen LogP contribution in [0.5, 0.6) is 0 Å². The van der Waals surface area contributed by atoms with E-state index >= 15 is 0 Å². The Morgan fingerprint density at radius 1 is 1.23 bits per heavy atom. The molecule has 0 radical (unpaired) electrons. The Bertz CT molecular complexity index is 389. The third-order valence-electron chi connectivity index (χ3n) is 1.66. The third-order valence-corrected chi connectivity index (χ3v) is 3.80. The minimum Gasteiger partial charge on any atom is -0.209 e. The maximum atomic E-state index is 6.76. The Kier molecular flexibility index (Phi) is 2.52. The van der Waals surface area contributed by atoms with Crippen molar-refractivity contribution >= 4 is 22.7 Å². The highest BCUT2D eigenvalue weighted by Gasteiger charge is 2.02. The van der Waals surface area contributed by atoms with E-state index < -0.39 is 0 Å². The molecule has 2 rings (SSSR count). The van der Waals surface area contributed by atoms with E-state index in [4.69, 9.17) is 5.53 Å². The molecule has 2 heterocycles. The van der Waals surface area contributed by atoms with Crippen LogP contribution in [-0.2, 0) is 6.54 Å². The predicted molar refractivity (Wildman–Crippen MR) is 56.5 cm³/mol. The molecule has 0 aliphatic heterocycles. The van der Waals surface area contributed by atoms with Crippen LogP contribution in [0.1, 0.15) is 4.88 Å². The highest BCUT2D eigenvalue weighted by atomic mass is 32.1. The molecule has 13 heavy (non-hydrogen) atoms. The number of rotatable bonds is 3. The second kappa shape index (κ2) is 3.81. The van der Waals surface area contributed by atoms with Gasteiger partial charge in [-0.3, -0.25) is 0 Å². The smallest absolute Gasteiger partial charge is 0.0939 e. The van der Waals surface area contributed by atoms with Crippen LogP contribution in [-0.4, -0.2) is 0 Å². The molecule has 0 aliphatic rings. The van der Waals surface area contributed by atoms with Crippen molar-refractivity contribution in [1.82, 2.24) is 0 Å². The van der Waals surface area contributed by atoms with E-state index in [1.165, 1.54) is 9.75 Å². The lowest BCUT2D eigenvalue weighted by molar-refractivity contribution is 0.923. The van der Waals surface area contributed by atoms with Gasteiger partial charge in [0.05, 0.1) is 6.54 Å². The quantitative estimate of drug-likeness (QED) is 0.740. The van der Waals surface area contributed by atoms with Crippen LogP contribution in [0.15, 0.2) is 34.8 Å². The lowest BCUT2D eigenvalue weighted by Gasteiger charge is -1.87. The molecule has 0 atom stereocenters. The molecule has 2 nitrogen and oxygen atoms in total. The van der Waals surface area contributed by atoms with Crippen molar-refractivity contribution in [2.45, 2.75) is 6.54 Å². The van der Waals surface area contributed by atoms with Gasteiger partial charge >= 0.3 is 0 Å². The van der Waals surface area contributed by atoms with Gasteiger partial charge in [0.15, 0.2) is 0 Å². The van der Waals surface area contributed by atoms with Gasteiger partial charge in [-0.25, -0.2) is 5.53 Å². The summed E-state index contributed by atoms with van der Waals surface area (Å²) in [5.41, 5.74) is 6.76. The fourth-order valence-electron chi connectivity index (χ4n) is 1.09. The fraction of sp³-hybridized carbons (Fsp3) is 0.111. The highest BCUT2D eigenvalue weighted by molar-refractivity contribution is 7.21. The number of nitrogens with zero attached hydrogens (tertiary/aromatic N) is 1. The van der Waals surface area contributed by atoms with E-state index in [2.05, 4.69) is 22.6 Å². The fourth-order valence-corrected chi connectivity index (χ4v) is 2.86. The molecule has 0 spiro atoms. The minimum atomic E-state index is 0.510. The van der Waals surface area contributed by atoms with Gasteiger partial charge in [-0.15, -0.1) is 22.7 Å². The van der Waals surface area contributed by atoms with Gasteiger partial charge in [0.2, 0.25) is 0 Å². The molecule has 0 unspecified atom stereocenters. The molecule has 0 fully saturated rings. The van der Waals surface area contributed by atoms with Crippen molar-refractivity contribution in [3.05, 3.63) is 34.5 Å². The van der Waals surface area contributed by atoms with Gasteiger partial charge in [-0.2, -0.15) is 5.11 Å². The molecule has 2 aromatic heterocycles. The Balaban J connectivity index is 2.28. The number of nitrogens with one attached hydrogen (secondary N) is 1. The summed E-state index contributed by atoms with van der Waals surface area (Å²) in [7, 11) is 0. The second-order valence-corrected chi connectivity index (χ2v) is 4.68. The monoisotopic (exact) mass is 208 g/mol. The maximum Gasteiger partial charge on any atom is 0.0939 e. The van der Waals surface area contributed by atoms with Crippen molar-refractivity contribution in [3.8, 4) is 9.75 Å². The van der Waals surface area contributed by atoms with Crippen molar-refractivity contribution in [1.29, 1.82) is 5.53 Å². The largest absolute Gasteiger partial charge is 0.209 e. The molecule has 0 amide bonds. The summed E-state index contributed by atoms with van der Waals surface area (Å²) >= 11 is 3.45. The van der Waals surface area contributed by atoms with Crippen LogP contribution in [0.25, 0.3) is 9.75 Å². The van der Waals surface area contributed by atoms with Crippen LogP contribution in [0.2, 0.25) is 0 Å². The topological polar surface area (TPSA) is 36.2 Å². The standard InChI is InChI=1S/C9H8N2S2/c10-11-6-7-3-4-9(13-7)8-2-1-5-12-8/h1-5,10H,6H2. The average molecular weight is 208 g/mol. The van der Waals surface area contributed by atoms with Crippen molar-refractivity contribution in [2.24, 2.45) is 5.11 Å². The summed E-state index contributed by atoms with van der Waals surface area (Å²) in [4.78, 5) is 3.72. The van der Waals surface area contributed by atoms with Crippen molar-refractivity contribution in [3.63, 3.8) is 0 Å². The minimum absolute atomic E-state index is 0.510. The summed E-state index contributed by atoms with van der Waals surface area (Å²) in [6.45, 7) is 0.510. The van der Waals surface area contributed by atoms with Crippen molar-refractivity contribution < 1.29 is 0 Å². The summed E-state index contributed by atoms with van der Waals surface area (Å²) in [6.07, 6.45) is 0. The first-order valence-corrected chi connectivity index (χ1v) is 5.55. The molecule has 0 bridgehead atoms. The van der Waals surface area contributed by atoms with Gasteiger partial charge in [-0.05, 0) is 23.6 Å². The van der Waals surface area contributed by atoms with Gasteiger partial charge in [-0.1, -0.05) is 6.07 Å². The lowest BCUT2D eigenvalue weighted by atomic mass is 10.4. The summed E-state index contributed by atoms with van der Waals surface area (Å²) in [5.74, 6) is 0. The molecule has 0 aliphatic carbocycles. The number of hydrogen-bond acceptors (Lipinski definition) is 4. The Morgan fingerprint density at radius 2 is 2.15 bits per heavy atom. The normalized spacial score (nSPS) is 10.2. The van der Waals surface area contributed by atoms with Gasteiger partial charge in [0.25, 0.3) is 0 Å². The first kappa shape index (κ1) is 8.59. The predicted octanol–water partition coefficient (Wildman–Crippen LogP) is 4.01. The van der Waals surface area contributed by atoms with E-state index in [0.717, 1.165) is 4.88 Å². The zero-order chi connectivity index (χ0) is 9.10. The highest BCUT2D eigenvalue weighted by Crippen LogP contribution is 2.31. The maximum absolute atomic E-state index is 6.76. The molecule has 4 heteroatoms. The first-order chi connectivity index (χ1) is 6.40. The number of thiophene rings is 2. The summed E-state index contributed by atoms with van der Waals surface area (Å²) < 4.78 is 0. The Morgan fingerprint density at radius 3 is 2.85 bits per heavy atom. The zero-order valence-corrected chi connectivity index (χ0v) is 8.49. The molecule has 2 aromatic rings. The van der Waals surface area contributed by atoms with E-state index in [0.29, 0.717) is 6.54 Å². The number of hydrogen-bond donors (Lipinski definition) is 1. The van der Waals surface area contributed by atoms with E-state index in [1.54, 1.807) is 22.7 Å². The summed E-state index contributed by atoms with van der Waals surface area (Å²) in [6, 6.07) is 8.29. The molecule has 0 aromatic carbocycles. The van der Waals surface area contributed by atoms with Gasteiger partial charge < -0.3 is 0 Å². The van der Waals surface area contributed by atoms with Crippen LogP contribution in [0, 0.1) is 5.53 Å². The molecule has 1 N–H and O–H groups in total. The molecular formula is C9H8N2S2. The van der Waals surface area contributed by atoms with Gasteiger partial charge in [0.1, 0.15) is 0 Å². The molecular weight excluding hydrogens is 200 g/mol. The Labute approximate surface area is 84.4 Å². The van der Waals surface area contributed by atoms with Crippen LogP contribution in [0.4, 0.5) is 0 Å². The van der Waals surface area contributed by atoms with Crippen LogP contribution in [0.3, 0.4) is 0 Å². The average Bonchev–Trinajstić information content (AvgIpc) is 2.70.